The van der Waals surface area contributed by atoms with Gasteiger partial charge in [-0.25, -0.2) is 0 Å². The fourth-order valence-corrected chi connectivity index (χ4v) is 3.34. The SMILES string of the molecule is CC/C(=C(\c1ccc(CC)cc1)c1ccc(OC)cc1)c1ccccc1. The van der Waals surface area contributed by atoms with Crippen molar-refractivity contribution in [3.63, 3.8) is 0 Å². The van der Waals surface area contributed by atoms with Gasteiger partial charge in [-0.15, -0.1) is 0 Å². The second-order valence-electron chi connectivity index (χ2n) is 6.35. The molecule has 0 heterocycles. The lowest BCUT2D eigenvalue weighted by Crippen LogP contribution is -1.96. The van der Waals surface area contributed by atoms with Crippen LogP contribution in [0.25, 0.3) is 11.1 Å². The molecule has 0 saturated heterocycles. The second kappa shape index (κ2) is 8.53. The summed E-state index contributed by atoms with van der Waals surface area (Å²) in [5.41, 5.74) is 7.77. The van der Waals surface area contributed by atoms with Crippen LogP contribution in [0.5, 0.6) is 5.75 Å². The molecule has 26 heavy (non-hydrogen) atoms. The summed E-state index contributed by atoms with van der Waals surface area (Å²) in [5.74, 6) is 0.882. The third-order valence-corrected chi connectivity index (χ3v) is 4.81. The van der Waals surface area contributed by atoms with Gasteiger partial charge in [-0.05, 0) is 58.4 Å². The van der Waals surface area contributed by atoms with Gasteiger partial charge in [0.25, 0.3) is 0 Å². The molecule has 1 heteroatoms. The second-order valence-corrected chi connectivity index (χ2v) is 6.35. The van der Waals surface area contributed by atoms with Crippen LogP contribution in [-0.2, 0) is 6.42 Å². The van der Waals surface area contributed by atoms with E-state index in [1.807, 2.05) is 12.1 Å². The summed E-state index contributed by atoms with van der Waals surface area (Å²) in [7, 11) is 1.71. The molecule has 0 spiro atoms. The average molecular weight is 342 g/mol. The third-order valence-electron chi connectivity index (χ3n) is 4.81. The molecule has 0 amide bonds. The van der Waals surface area contributed by atoms with Crippen molar-refractivity contribution in [3.05, 3.63) is 101 Å². The molecule has 0 fully saturated rings. The van der Waals surface area contributed by atoms with Crippen molar-refractivity contribution in [2.45, 2.75) is 26.7 Å². The molecule has 0 radical (unpaired) electrons. The molecule has 0 saturated carbocycles. The number of rotatable bonds is 6. The minimum atomic E-state index is 0.882. The predicted octanol–water partition coefficient (Wildman–Crippen LogP) is 6.63. The van der Waals surface area contributed by atoms with Crippen molar-refractivity contribution in [2.24, 2.45) is 0 Å². The first-order valence-corrected chi connectivity index (χ1v) is 9.29. The first-order valence-electron chi connectivity index (χ1n) is 9.29. The van der Waals surface area contributed by atoms with Gasteiger partial charge in [-0.2, -0.15) is 0 Å². The summed E-state index contributed by atoms with van der Waals surface area (Å²) in [5, 5.41) is 0. The Hall–Kier alpha value is -2.80. The molecule has 3 rings (SSSR count). The zero-order chi connectivity index (χ0) is 18.4. The van der Waals surface area contributed by atoms with Crippen LogP contribution in [0.3, 0.4) is 0 Å². The number of benzene rings is 3. The van der Waals surface area contributed by atoms with Crippen LogP contribution in [0.2, 0.25) is 0 Å². The molecule has 132 valence electrons. The van der Waals surface area contributed by atoms with Crippen molar-refractivity contribution < 1.29 is 4.74 Å². The predicted molar refractivity (Wildman–Crippen MR) is 111 cm³/mol. The Morgan fingerprint density at radius 2 is 1.27 bits per heavy atom. The van der Waals surface area contributed by atoms with E-state index in [-0.39, 0.29) is 0 Å². The minimum absolute atomic E-state index is 0.882. The van der Waals surface area contributed by atoms with Crippen LogP contribution in [-0.4, -0.2) is 7.11 Å². The highest BCUT2D eigenvalue weighted by Crippen LogP contribution is 2.35. The van der Waals surface area contributed by atoms with Gasteiger partial charge in [0.1, 0.15) is 5.75 Å². The van der Waals surface area contributed by atoms with Gasteiger partial charge in [0.2, 0.25) is 0 Å². The van der Waals surface area contributed by atoms with Crippen LogP contribution in [0.15, 0.2) is 78.9 Å². The molecule has 0 atom stereocenters. The zero-order valence-corrected chi connectivity index (χ0v) is 15.8. The van der Waals surface area contributed by atoms with E-state index in [4.69, 9.17) is 4.74 Å². The molecule has 0 aliphatic carbocycles. The number of hydrogen-bond acceptors (Lipinski definition) is 1. The highest BCUT2D eigenvalue weighted by molar-refractivity contribution is 5.98. The Kier molecular flexibility index (Phi) is 5.91. The number of ether oxygens (including phenoxy) is 1. The fourth-order valence-electron chi connectivity index (χ4n) is 3.34. The normalized spacial score (nSPS) is 11.8. The molecule has 0 unspecified atom stereocenters. The quantitative estimate of drug-likeness (QED) is 0.457. The molecule has 0 aromatic heterocycles. The van der Waals surface area contributed by atoms with E-state index in [2.05, 4.69) is 80.6 Å². The number of allylic oxidation sites excluding steroid dienone is 1. The maximum absolute atomic E-state index is 5.34. The third kappa shape index (κ3) is 3.88. The van der Waals surface area contributed by atoms with Gasteiger partial charge in [0.05, 0.1) is 7.11 Å². The van der Waals surface area contributed by atoms with Gasteiger partial charge < -0.3 is 4.74 Å². The van der Waals surface area contributed by atoms with Gasteiger partial charge in [0, 0.05) is 0 Å². The standard InChI is InChI=1S/C25H26O/c1-4-19-11-13-21(14-12-19)25(22-15-17-23(26-3)18-16-22)24(5-2)20-9-7-6-8-10-20/h6-18H,4-5H2,1-3H3/b25-24-. The van der Waals surface area contributed by atoms with Crippen LogP contribution in [0, 0.1) is 0 Å². The molecule has 1 nitrogen and oxygen atoms in total. The van der Waals surface area contributed by atoms with Crippen LogP contribution >= 0.6 is 0 Å². The van der Waals surface area contributed by atoms with Crippen molar-refractivity contribution >= 4 is 11.1 Å². The van der Waals surface area contributed by atoms with E-state index in [1.54, 1.807) is 7.11 Å². The summed E-state index contributed by atoms with van der Waals surface area (Å²) >= 11 is 0. The van der Waals surface area contributed by atoms with Gasteiger partial charge >= 0.3 is 0 Å². The topological polar surface area (TPSA) is 9.23 Å². The highest BCUT2D eigenvalue weighted by Gasteiger charge is 2.13. The molecule has 3 aromatic carbocycles. The molecule has 0 aliphatic rings. The summed E-state index contributed by atoms with van der Waals surface area (Å²) in [6.45, 7) is 4.42. The van der Waals surface area contributed by atoms with Crippen LogP contribution < -0.4 is 4.74 Å². The summed E-state index contributed by atoms with van der Waals surface area (Å²) in [6, 6.07) is 28.0. The largest absolute Gasteiger partial charge is 0.497 e. The van der Waals surface area contributed by atoms with Gasteiger partial charge in [-0.3, -0.25) is 0 Å². The Morgan fingerprint density at radius 1 is 0.692 bits per heavy atom. The molecular weight excluding hydrogens is 316 g/mol. The average Bonchev–Trinajstić information content (AvgIpc) is 2.73. The zero-order valence-electron chi connectivity index (χ0n) is 15.8. The Bertz CT molecular complexity index is 807. The summed E-state index contributed by atoms with van der Waals surface area (Å²) in [4.78, 5) is 0. The van der Waals surface area contributed by atoms with Crippen molar-refractivity contribution in [1.29, 1.82) is 0 Å². The lowest BCUT2D eigenvalue weighted by atomic mass is 9.88. The highest BCUT2D eigenvalue weighted by atomic mass is 16.5. The van der Waals surface area contributed by atoms with Crippen molar-refractivity contribution in [3.8, 4) is 5.75 Å². The van der Waals surface area contributed by atoms with Crippen LogP contribution in [0.1, 0.15) is 42.5 Å². The summed E-state index contributed by atoms with van der Waals surface area (Å²) < 4.78 is 5.34. The van der Waals surface area contributed by atoms with Crippen molar-refractivity contribution in [1.82, 2.24) is 0 Å². The smallest absolute Gasteiger partial charge is 0.118 e. The Labute approximate surface area is 157 Å². The molecule has 0 aliphatic heterocycles. The first kappa shape index (κ1) is 18.0. The fraction of sp³-hybridized carbons (Fsp3) is 0.200. The van der Waals surface area contributed by atoms with E-state index in [9.17, 15) is 0 Å². The molecule has 3 aromatic rings. The monoisotopic (exact) mass is 342 g/mol. The molecular formula is C25H26O. The minimum Gasteiger partial charge on any atom is -0.497 e. The van der Waals surface area contributed by atoms with Gasteiger partial charge in [0.15, 0.2) is 0 Å². The molecule has 0 N–H and O–H groups in total. The number of aryl methyl sites for hydroxylation is 1. The summed E-state index contributed by atoms with van der Waals surface area (Å²) in [6.07, 6.45) is 2.03. The Morgan fingerprint density at radius 3 is 1.77 bits per heavy atom. The lowest BCUT2D eigenvalue weighted by molar-refractivity contribution is 0.415. The van der Waals surface area contributed by atoms with Crippen LogP contribution in [0.4, 0.5) is 0 Å². The maximum Gasteiger partial charge on any atom is 0.118 e. The van der Waals surface area contributed by atoms with E-state index in [0.29, 0.717) is 0 Å². The number of hydrogen-bond donors (Lipinski definition) is 0. The van der Waals surface area contributed by atoms with E-state index in [1.165, 1.54) is 33.4 Å². The number of methoxy groups -OCH3 is 1. The van der Waals surface area contributed by atoms with E-state index < -0.39 is 0 Å². The first-order chi connectivity index (χ1) is 12.8. The van der Waals surface area contributed by atoms with E-state index in [0.717, 1.165) is 18.6 Å². The van der Waals surface area contributed by atoms with E-state index >= 15 is 0 Å². The van der Waals surface area contributed by atoms with Crippen molar-refractivity contribution in [2.75, 3.05) is 7.11 Å². The van der Waals surface area contributed by atoms with Gasteiger partial charge in [-0.1, -0.05) is 80.6 Å². The molecule has 0 bridgehead atoms. The Balaban J connectivity index is 2.21. The lowest BCUT2D eigenvalue weighted by Gasteiger charge is -2.17. The maximum atomic E-state index is 5.34.